The number of nitrogens with zero attached hydrogens (tertiary/aromatic N) is 3. The third kappa shape index (κ3) is 4.12. The topological polar surface area (TPSA) is 95.4 Å². The van der Waals surface area contributed by atoms with Gasteiger partial charge in [-0.15, -0.1) is 0 Å². The van der Waals surface area contributed by atoms with Crippen molar-refractivity contribution in [1.82, 2.24) is 14.9 Å². The predicted octanol–water partition coefficient (Wildman–Crippen LogP) is 2.78. The number of piperidine rings is 1. The van der Waals surface area contributed by atoms with Crippen molar-refractivity contribution in [1.29, 1.82) is 0 Å². The molecule has 0 aliphatic carbocycles. The molecule has 130 valence electrons. The second kappa shape index (κ2) is 7.29. The van der Waals surface area contributed by atoms with Crippen LogP contribution in [0, 0.1) is 12.8 Å². The van der Waals surface area contributed by atoms with E-state index in [4.69, 9.17) is 5.11 Å². The molecule has 0 bridgehead atoms. The first-order chi connectivity index (χ1) is 12.0. The van der Waals surface area contributed by atoms with Crippen molar-refractivity contribution in [2.75, 3.05) is 18.4 Å². The van der Waals surface area contributed by atoms with Crippen LogP contribution in [-0.2, 0) is 4.79 Å². The summed E-state index contributed by atoms with van der Waals surface area (Å²) >= 11 is 0. The third-order valence-electron chi connectivity index (χ3n) is 4.30. The van der Waals surface area contributed by atoms with Gasteiger partial charge in [0.15, 0.2) is 5.82 Å². The van der Waals surface area contributed by atoms with Gasteiger partial charge in [0.25, 0.3) is 0 Å². The fraction of sp³-hybridized carbons (Fsp3) is 0.333. The zero-order valence-corrected chi connectivity index (χ0v) is 14.0. The zero-order valence-electron chi connectivity index (χ0n) is 14.0. The Morgan fingerprint density at radius 2 is 2.00 bits per heavy atom. The Kier molecular flexibility index (Phi) is 4.92. The summed E-state index contributed by atoms with van der Waals surface area (Å²) in [6, 6.07) is 8.98. The molecule has 1 aliphatic heterocycles. The Labute approximate surface area is 145 Å². The van der Waals surface area contributed by atoms with E-state index in [2.05, 4.69) is 15.3 Å². The highest BCUT2D eigenvalue weighted by atomic mass is 16.4. The van der Waals surface area contributed by atoms with Gasteiger partial charge in [-0.25, -0.2) is 14.8 Å². The number of likely N-dealkylation sites (tertiary alicyclic amines) is 1. The van der Waals surface area contributed by atoms with Crippen molar-refractivity contribution in [3.8, 4) is 11.4 Å². The Bertz CT molecular complexity index is 785. The van der Waals surface area contributed by atoms with E-state index in [0.717, 1.165) is 11.3 Å². The van der Waals surface area contributed by atoms with Gasteiger partial charge in [0.2, 0.25) is 0 Å². The van der Waals surface area contributed by atoms with Crippen molar-refractivity contribution in [2.24, 2.45) is 5.92 Å². The molecule has 7 heteroatoms. The van der Waals surface area contributed by atoms with Crippen molar-refractivity contribution in [3.63, 3.8) is 0 Å². The lowest BCUT2D eigenvalue weighted by Gasteiger charge is -2.30. The molecule has 1 fully saturated rings. The molecule has 7 nitrogen and oxygen atoms in total. The van der Waals surface area contributed by atoms with Crippen molar-refractivity contribution in [3.05, 3.63) is 42.2 Å². The third-order valence-corrected chi connectivity index (χ3v) is 4.30. The summed E-state index contributed by atoms with van der Waals surface area (Å²) < 4.78 is 0. The molecule has 2 aromatic rings. The van der Waals surface area contributed by atoms with Gasteiger partial charge in [-0.1, -0.05) is 12.1 Å². The summed E-state index contributed by atoms with van der Waals surface area (Å²) in [5.74, 6) is -0.532. The van der Waals surface area contributed by atoms with Gasteiger partial charge in [-0.2, -0.15) is 0 Å². The van der Waals surface area contributed by atoms with E-state index in [0.29, 0.717) is 37.4 Å². The van der Waals surface area contributed by atoms with Crippen LogP contribution in [0.2, 0.25) is 0 Å². The van der Waals surface area contributed by atoms with Crippen LogP contribution < -0.4 is 5.32 Å². The lowest BCUT2D eigenvalue weighted by Crippen LogP contribution is -2.42. The van der Waals surface area contributed by atoms with Crippen LogP contribution in [0.25, 0.3) is 11.4 Å². The Hall–Kier alpha value is -2.96. The predicted molar refractivity (Wildman–Crippen MR) is 93.2 cm³/mol. The minimum Gasteiger partial charge on any atom is -0.481 e. The second-order valence-corrected chi connectivity index (χ2v) is 6.13. The number of hydrogen-bond acceptors (Lipinski definition) is 4. The van der Waals surface area contributed by atoms with E-state index in [9.17, 15) is 9.59 Å². The summed E-state index contributed by atoms with van der Waals surface area (Å²) in [5.41, 5.74) is 2.36. The molecule has 1 aromatic heterocycles. The van der Waals surface area contributed by atoms with Crippen LogP contribution in [0.4, 0.5) is 10.5 Å². The fourth-order valence-corrected chi connectivity index (χ4v) is 2.86. The van der Waals surface area contributed by atoms with E-state index in [1.54, 1.807) is 17.2 Å². The molecule has 2 amide bonds. The molecule has 0 radical (unpaired) electrons. The molecule has 0 atom stereocenters. The van der Waals surface area contributed by atoms with Gasteiger partial charge in [0, 0.05) is 36.2 Å². The number of carboxylic acid groups (broad SMARTS) is 1. The van der Waals surface area contributed by atoms with Gasteiger partial charge >= 0.3 is 12.0 Å². The number of carbonyl (C=O) groups is 2. The van der Waals surface area contributed by atoms with Crippen LogP contribution in [0.3, 0.4) is 0 Å². The highest BCUT2D eigenvalue weighted by Gasteiger charge is 2.26. The van der Waals surface area contributed by atoms with Crippen LogP contribution >= 0.6 is 0 Å². The molecule has 2 N–H and O–H groups in total. The highest BCUT2D eigenvalue weighted by molar-refractivity contribution is 5.90. The number of carbonyl (C=O) groups excluding carboxylic acids is 1. The molecule has 1 saturated heterocycles. The normalized spacial score (nSPS) is 15.0. The average Bonchev–Trinajstić information content (AvgIpc) is 2.62. The molecule has 0 unspecified atom stereocenters. The number of amides is 2. The maximum atomic E-state index is 12.4. The first kappa shape index (κ1) is 16.9. The van der Waals surface area contributed by atoms with Gasteiger partial charge in [-0.3, -0.25) is 4.79 Å². The SMILES string of the molecule is Cc1ccnc(-c2cccc(NC(=O)N3CCC(C(=O)O)CC3)c2)n1. The first-order valence-corrected chi connectivity index (χ1v) is 8.22. The van der Waals surface area contributed by atoms with Crippen LogP contribution in [0.1, 0.15) is 18.5 Å². The molecular weight excluding hydrogens is 320 g/mol. The summed E-state index contributed by atoms with van der Waals surface area (Å²) in [7, 11) is 0. The zero-order chi connectivity index (χ0) is 17.8. The summed E-state index contributed by atoms with van der Waals surface area (Å²) in [6.07, 6.45) is 2.68. The molecular formula is C18H20N4O3. The molecule has 0 saturated carbocycles. The monoisotopic (exact) mass is 340 g/mol. The number of rotatable bonds is 3. The Morgan fingerprint density at radius 1 is 1.24 bits per heavy atom. The number of benzene rings is 1. The summed E-state index contributed by atoms with van der Waals surface area (Å²) in [6.45, 7) is 2.80. The molecule has 25 heavy (non-hydrogen) atoms. The molecule has 3 rings (SSSR count). The first-order valence-electron chi connectivity index (χ1n) is 8.22. The molecule has 1 aromatic carbocycles. The number of aryl methyl sites for hydroxylation is 1. The molecule has 1 aliphatic rings. The van der Waals surface area contributed by atoms with Gasteiger partial charge in [-0.05, 0) is 38.0 Å². The minimum atomic E-state index is -0.786. The fourth-order valence-electron chi connectivity index (χ4n) is 2.86. The van der Waals surface area contributed by atoms with Crippen molar-refractivity contribution >= 4 is 17.7 Å². The quantitative estimate of drug-likeness (QED) is 0.896. The van der Waals surface area contributed by atoms with Gasteiger partial charge in [0.05, 0.1) is 5.92 Å². The number of aromatic nitrogens is 2. The standard InChI is InChI=1S/C18H20N4O3/c1-12-5-8-19-16(20-12)14-3-2-4-15(11-14)21-18(25)22-9-6-13(7-10-22)17(23)24/h2-5,8,11,13H,6-7,9-10H2,1H3,(H,21,25)(H,23,24). The Balaban J connectivity index is 1.66. The lowest BCUT2D eigenvalue weighted by molar-refractivity contribution is -0.143. The second-order valence-electron chi connectivity index (χ2n) is 6.13. The van der Waals surface area contributed by atoms with E-state index in [-0.39, 0.29) is 11.9 Å². The van der Waals surface area contributed by atoms with Gasteiger partial charge < -0.3 is 15.3 Å². The minimum absolute atomic E-state index is 0.217. The number of aliphatic carboxylic acids is 1. The van der Waals surface area contributed by atoms with E-state index in [1.807, 2.05) is 31.2 Å². The van der Waals surface area contributed by atoms with Gasteiger partial charge in [0.1, 0.15) is 0 Å². The summed E-state index contributed by atoms with van der Waals surface area (Å²) in [5, 5.41) is 11.9. The largest absolute Gasteiger partial charge is 0.481 e. The molecule has 0 spiro atoms. The van der Waals surface area contributed by atoms with E-state index >= 15 is 0 Å². The average molecular weight is 340 g/mol. The number of nitrogens with one attached hydrogen (secondary N) is 1. The van der Waals surface area contributed by atoms with E-state index < -0.39 is 5.97 Å². The molecule has 2 heterocycles. The van der Waals surface area contributed by atoms with E-state index in [1.165, 1.54) is 0 Å². The van der Waals surface area contributed by atoms with Crippen LogP contribution in [0.15, 0.2) is 36.5 Å². The number of hydrogen-bond donors (Lipinski definition) is 2. The smallest absolute Gasteiger partial charge is 0.321 e. The van der Waals surface area contributed by atoms with Crippen LogP contribution in [0.5, 0.6) is 0 Å². The summed E-state index contributed by atoms with van der Waals surface area (Å²) in [4.78, 5) is 33.7. The highest BCUT2D eigenvalue weighted by Crippen LogP contribution is 2.21. The Morgan fingerprint density at radius 3 is 2.68 bits per heavy atom. The van der Waals surface area contributed by atoms with Crippen molar-refractivity contribution < 1.29 is 14.7 Å². The number of carboxylic acids is 1. The maximum Gasteiger partial charge on any atom is 0.321 e. The van der Waals surface area contributed by atoms with Crippen molar-refractivity contribution in [2.45, 2.75) is 19.8 Å². The lowest BCUT2D eigenvalue weighted by atomic mass is 9.97. The maximum absolute atomic E-state index is 12.4. The van der Waals surface area contributed by atoms with Crippen LogP contribution in [-0.4, -0.2) is 45.1 Å². The number of urea groups is 1. The number of anilines is 1.